The molecule has 0 saturated carbocycles. The molecule has 0 atom stereocenters. The van der Waals surface area contributed by atoms with Crippen LogP contribution in [0.1, 0.15) is 21.6 Å². The number of thiophene rings is 1. The van der Waals surface area contributed by atoms with Crippen molar-refractivity contribution in [3.63, 3.8) is 0 Å². The average molecular weight is 328 g/mol. The van der Waals surface area contributed by atoms with Gasteiger partial charge in [0.2, 0.25) is 5.90 Å². The van der Waals surface area contributed by atoms with Crippen LogP contribution in [0, 0.1) is 24.0 Å². The highest BCUT2D eigenvalue weighted by Gasteiger charge is 2.27. The largest absolute Gasteiger partial charge is 0.402 e. The van der Waals surface area contributed by atoms with E-state index < -0.39 is 10.9 Å². The lowest BCUT2D eigenvalue weighted by Crippen LogP contribution is -2.08. The summed E-state index contributed by atoms with van der Waals surface area (Å²) in [6.45, 7) is 3.55. The molecule has 23 heavy (non-hydrogen) atoms. The van der Waals surface area contributed by atoms with Crippen LogP contribution in [0.25, 0.3) is 6.08 Å². The topological polar surface area (TPSA) is 81.8 Å². The van der Waals surface area contributed by atoms with Crippen molar-refractivity contribution < 1.29 is 14.5 Å². The number of ether oxygens (including phenoxy) is 1. The molecule has 0 radical (unpaired) electrons. The van der Waals surface area contributed by atoms with Crippen LogP contribution >= 0.6 is 11.3 Å². The van der Waals surface area contributed by atoms with Crippen molar-refractivity contribution >= 4 is 35.0 Å². The van der Waals surface area contributed by atoms with Crippen LogP contribution in [-0.2, 0) is 9.53 Å². The van der Waals surface area contributed by atoms with Gasteiger partial charge < -0.3 is 4.74 Å². The zero-order valence-electron chi connectivity index (χ0n) is 12.4. The van der Waals surface area contributed by atoms with Crippen molar-refractivity contribution in [3.05, 3.63) is 67.0 Å². The Kier molecular flexibility index (Phi) is 3.79. The summed E-state index contributed by atoms with van der Waals surface area (Å²) >= 11 is 1.50. The lowest BCUT2D eigenvalue weighted by atomic mass is 10.1. The highest BCUT2D eigenvalue weighted by molar-refractivity contribution is 7.11. The molecule has 2 aromatic rings. The van der Waals surface area contributed by atoms with E-state index in [0.29, 0.717) is 11.1 Å². The molecule has 6 nitrogen and oxygen atoms in total. The summed E-state index contributed by atoms with van der Waals surface area (Å²) in [4.78, 5) is 27.7. The van der Waals surface area contributed by atoms with Gasteiger partial charge in [0, 0.05) is 22.1 Å². The van der Waals surface area contributed by atoms with E-state index in [0.717, 1.165) is 10.4 Å². The first-order valence-corrected chi connectivity index (χ1v) is 7.66. The molecule has 0 N–H and O–H groups in total. The van der Waals surface area contributed by atoms with Gasteiger partial charge in [0.25, 0.3) is 5.69 Å². The smallest absolute Gasteiger partial charge is 0.363 e. The summed E-state index contributed by atoms with van der Waals surface area (Å²) in [6.07, 6.45) is 1.67. The third-order valence-corrected chi connectivity index (χ3v) is 4.49. The Morgan fingerprint density at radius 3 is 2.74 bits per heavy atom. The second kappa shape index (κ2) is 5.77. The monoisotopic (exact) mass is 328 g/mol. The molecule has 1 aliphatic heterocycles. The van der Waals surface area contributed by atoms with Gasteiger partial charge in [-0.2, -0.15) is 0 Å². The number of nitrogens with zero attached hydrogens (tertiary/aromatic N) is 2. The van der Waals surface area contributed by atoms with E-state index in [1.165, 1.54) is 17.4 Å². The molecule has 0 saturated heterocycles. The molecule has 1 aromatic heterocycles. The van der Waals surface area contributed by atoms with E-state index in [2.05, 4.69) is 4.99 Å². The van der Waals surface area contributed by atoms with Crippen LogP contribution in [-0.4, -0.2) is 16.8 Å². The van der Waals surface area contributed by atoms with Gasteiger partial charge >= 0.3 is 5.97 Å². The van der Waals surface area contributed by atoms with Crippen LogP contribution in [0.4, 0.5) is 5.69 Å². The molecule has 7 heteroatoms. The minimum absolute atomic E-state index is 0.0345. The maximum Gasteiger partial charge on any atom is 0.363 e. The fraction of sp³-hybridized carbons (Fsp3) is 0.125. The highest BCUT2D eigenvalue weighted by Crippen LogP contribution is 2.27. The van der Waals surface area contributed by atoms with Crippen LogP contribution in [0.5, 0.6) is 0 Å². The predicted molar refractivity (Wildman–Crippen MR) is 87.5 cm³/mol. The Hall–Kier alpha value is -2.80. The Labute approximate surface area is 135 Å². The fourth-order valence-corrected chi connectivity index (χ4v) is 3.09. The van der Waals surface area contributed by atoms with Crippen molar-refractivity contribution in [2.75, 3.05) is 0 Å². The fourth-order valence-electron chi connectivity index (χ4n) is 2.23. The van der Waals surface area contributed by atoms with Gasteiger partial charge in [0.15, 0.2) is 5.70 Å². The van der Waals surface area contributed by atoms with Crippen molar-refractivity contribution in [3.8, 4) is 0 Å². The SMILES string of the molecule is Cc1ccsc1/C=C1/N=C(c2cccc([N+](=O)[O-])c2C)OC1=O. The number of benzene rings is 1. The van der Waals surface area contributed by atoms with Gasteiger partial charge in [-0.3, -0.25) is 10.1 Å². The molecule has 0 spiro atoms. The van der Waals surface area contributed by atoms with Crippen molar-refractivity contribution in [2.24, 2.45) is 4.99 Å². The molecular weight excluding hydrogens is 316 g/mol. The first kappa shape index (κ1) is 15.1. The van der Waals surface area contributed by atoms with Gasteiger partial charge in [-0.1, -0.05) is 6.07 Å². The molecule has 3 rings (SSSR count). The van der Waals surface area contributed by atoms with Gasteiger partial charge in [-0.15, -0.1) is 11.3 Å². The Morgan fingerprint density at radius 1 is 1.30 bits per heavy atom. The van der Waals surface area contributed by atoms with E-state index in [-0.39, 0.29) is 17.3 Å². The number of carbonyl (C=O) groups excluding carboxylic acids is 1. The van der Waals surface area contributed by atoms with Crippen LogP contribution < -0.4 is 0 Å². The van der Waals surface area contributed by atoms with E-state index in [1.54, 1.807) is 25.1 Å². The molecule has 116 valence electrons. The lowest BCUT2D eigenvalue weighted by molar-refractivity contribution is -0.385. The van der Waals surface area contributed by atoms with Gasteiger partial charge in [0.05, 0.1) is 4.92 Å². The molecule has 1 aliphatic rings. The number of nitro groups is 1. The summed E-state index contributed by atoms with van der Waals surface area (Å²) in [5.41, 5.74) is 2.06. The molecule has 0 fully saturated rings. The zero-order chi connectivity index (χ0) is 16.6. The number of carbonyl (C=O) groups is 1. The number of esters is 1. The van der Waals surface area contributed by atoms with Crippen LogP contribution in [0.15, 0.2) is 40.3 Å². The Morgan fingerprint density at radius 2 is 2.09 bits per heavy atom. The summed E-state index contributed by atoms with van der Waals surface area (Å²) in [6, 6.07) is 6.55. The summed E-state index contributed by atoms with van der Waals surface area (Å²) in [5.74, 6) is -0.463. The Bertz CT molecular complexity index is 880. The van der Waals surface area contributed by atoms with Gasteiger partial charge in [0.1, 0.15) is 0 Å². The molecule has 2 heterocycles. The van der Waals surface area contributed by atoms with E-state index in [9.17, 15) is 14.9 Å². The standard InChI is InChI=1S/C16H12N2O4S/c1-9-6-7-23-14(9)8-12-16(19)22-15(17-12)11-4-3-5-13(10(11)2)18(20)21/h3-8H,1-2H3/b12-8+. The number of hydrogen-bond acceptors (Lipinski definition) is 6. The number of rotatable bonds is 3. The lowest BCUT2D eigenvalue weighted by Gasteiger charge is -2.04. The van der Waals surface area contributed by atoms with Crippen molar-refractivity contribution in [1.29, 1.82) is 0 Å². The van der Waals surface area contributed by atoms with Crippen LogP contribution in [0.3, 0.4) is 0 Å². The second-order valence-electron chi connectivity index (χ2n) is 5.01. The number of nitro benzene ring substituents is 1. The number of cyclic esters (lactones) is 1. The minimum atomic E-state index is -0.557. The van der Waals surface area contributed by atoms with Crippen LogP contribution in [0.2, 0.25) is 0 Å². The van der Waals surface area contributed by atoms with E-state index >= 15 is 0 Å². The maximum absolute atomic E-state index is 12.0. The first-order chi connectivity index (χ1) is 11.0. The molecule has 0 amide bonds. The predicted octanol–water partition coefficient (Wildman–Crippen LogP) is 3.62. The van der Waals surface area contributed by atoms with Crippen molar-refractivity contribution in [1.82, 2.24) is 0 Å². The third kappa shape index (κ3) is 2.78. The maximum atomic E-state index is 12.0. The molecule has 0 unspecified atom stereocenters. The first-order valence-electron chi connectivity index (χ1n) is 6.78. The average Bonchev–Trinajstić information content (AvgIpc) is 3.06. The Balaban J connectivity index is 2.03. The minimum Gasteiger partial charge on any atom is -0.402 e. The third-order valence-electron chi connectivity index (χ3n) is 3.52. The van der Waals surface area contributed by atoms with Gasteiger partial charge in [-0.25, -0.2) is 9.79 Å². The summed E-state index contributed by atoms with van der Waals surface area (Å²) in [7, 11) is 0. The van der Waals surface area contributed by atoms with Gasteiger partial charge in [-0.05, 0) is 43.0 Å². The molecule has 1 aromatic carbocycles. The molecular formula is C16H12N2O4S. The summed E-state index contributed by atoms with van der Waals surface area (Å²) < 4.78 is 5.19. The van der Waals surface area contributed by atoms with E-state index in [4.69, 9.17) is 4.74 Å². The summed E-state index contributed by atoms with van der Waals surface area (Å²) in [5, 5.41) is 12.9. The zero-order valence-corrected chi connectivity index (χ0v) is 13.2. The number of aliphatic imine (C=N–C) groups is 1. The highest BCUT2D eigenvalue weighted by atomic mass is 32.1. The van der Waals surface area contributed by atoms with Crippen molar-refractivity contribution in [2.45, 2.75) is 13.8 Å². The number of aryl methyl sites for hydroxylation is 1. The normalized spacial score (nSPS) is 15.7. The quantitative estimate of drug-likeness (QED) is 0.373. The second-order valence-corrected chi connectivity index (χ2v) is 5.96. The number of hydrogen-bond donors (Lipinski definition) is 0. The molecule has 0 bridgehead atoms. The molecule has 0 aliphatic carbocycles. The van der Waals surface area contributed by atoms with E-state index in [1.807, 2.05) is 18.4 Å².